The molecule has 6 heteroatoms. The molecule has 3 aromatic rings. The van der Waals surface area contributed by atoms with Gasteiger partial charge in [-0.05, 0) is 30.7 Å². The normalized spacial score (nSPS) is 14.5. The Morgan fingerprint density at radius 1 is 0.964 bits per heavy atom. The highest BCUT2D eigenvalue weighted by Crippen LogP contribution is 2.30. The van der Waals surface area contributed by atoms with Crippen molar-refractivity contribution in [1.82, 2.24) is 9.88 Å². The third-order valence-electron chi connectivity index (χ3n) is 5.22. The van der Waals surface area contributed by atoms with Gasteiger partial charge in [-0.1, -0.05) is 29.8 Å². The van der Waals surface area contributed by atoms with Crippen LogP contribution in [0.15, 0.2) is 48.7 Å². The molecule has 0 bridgehead atoms. The Morgan fingerprint density at radius 3 is 2.36 bits per heavy atom. The molecule has 1 saturated heterocycles. The van der Waals surface area contributed by atoms with E-state index >= 15 is 0 Å². The van der Waals surface area contributed by atoms with Crippen molar-refractivity contribution in [1.29, 1.82) is 0 Å². The van der Waals surface area contributed by atoms with Crippen molar-refractivity contribution in [3.8, 4) is 0 Å². The predicted octanol–water partition coefficient (Wildman–Crippen LogP) is 3.71. The molecular formula is C22H21F2N3O. The molecule has 1 aromatic heterocycles. The van der Waals surface area contributed by atoms with Crippen LogP contribution in [0.4, 0.5) is 14.5 Å². The first-order valence-electron chi connectivity index (χ1n) is 9.34. The number of hydrogen-bond donors (Lipinski definition) is 0. The van der Waals surface area contributed by atoms with Gasteiger partial charge in [0.2, 0.25) is 5.91 Å². The number of aromatic nitrogens is 1. The number of nitrogens with zero attached hydrogens (tertiary/aromatic N) is 3. The Labute approximate surface area is 162 Å². The average Bonchev–Trinajstić information content (AvgIpc) is 2.72. The van der Waals surface area contributed by atoms with Crippen LogP contribution >= 0.6 is 0 Å². The number of fused-ring (bicyclic) bond motifs is 1. The summed E-state index contributed by atoms with van der Waals surface area (Å²) in [5.41, 5.74) is 2.82. The smallest absolute Gasteiger partial charge is 0.227 e. The van der Waals surface area contributed by atoms with Crippen molar-refractivity contribution >= 4 is 22.5 Å². The van der Waals surface area contributed by atoms with Gasteiger partial charge < -0.3 is 9.80 Å². The minimum Gasteiger partial charge on any atom is -0.367 e. The molecule has 0 atom stereocenters. The second-order valence-electron chi connectivity index (χ2n) is 7.11. The van der Waals surface area contributed by atoms with Crippen LogP contribution in [0.1, 0.15) is 11.1 Å². The number of aryl methyl sites for hydroxylation is 1. The van der Waals surface area contributed by atoms with Crippen LogP contribution in [-0.2, 0) is 11.2 Å². The molecule has 2 aromatic carbocycles. The molecule has 4 nitrogen and oxygen atoms in total. The maximum Gasteiger partial charge on any atom is 0.227 e. The highest BCUT2D eigenvalue weighted by atomic mass is 19.1. The van der Waals surface area contributed by atoms with Crippen LogP contribution in [0.2, 0.25) is 0 Å². The van der Waals surface area contributed by atoms with E-state index in [1.54, 1.807) is 6.07 Å². The first kappa shape index (κ1) is 18.3. The van der Waals surface area contributed by atoms with Gasteiger partial charge in [0.25, 0.3) is 0 Å². The standard InChI is InChI=1S/C22H21F2N3O/c1-15-2-4-16(5-3-15)14-20(28)27-12-10-26(11-13-27)19-8-9-25-22-18(24)7-6-17(23)21(19)22/h2-9H,10-14H2,1H3. The summed E-state index contributed by atoms with van der Waals surface area (Å²) in [4.78, 5) is 20.4. The number of benzene rings is 2. The summed E-state index contributed by atoms with van der Waals surface area (Å²) in [7, 11) is 0. The number of rotatable bonds is 3. The molecule has 1 aliphatic rings. The van der Waals surface area contributed by atoms with Crippen molar-refractivity contribution in [2.75, 3.05) is 31.1 Å². The third kappa shape index (κ3) is 3.54. The predicted molar refractivity (Wildman–Crippen MR) is 105 cm³/mol. The Hall–Kier alpha value is -3.02. The lowest BCUT2D eigenvalue weighted by atomic mass is 10.1. The van der Waals surface area contributed by atoms with Gasteiger partial charge in [-0.25, -0.2) is 8.78 Å². The lowest BCUT2D eigenvalue weighted by Gasteiger charge is -2.36. The van der Waals surface area contributed by atoms with Crippen molar-refractivity contribution in [2.24, 2.45) is 0 Å². The SMILES string of the molecule is Cc1ccc(CC(=O)N2CCN(c3ccnc4c(F)ccc(F)c34)CC2)cc1. The molecule has 28 heavy (non-hydrogen) atoms. The fourth-order valence-electron chi connectivity index (χ4n) is 3.63. The summed E-state index contributed by atoms with van der Waals surface area (Å²) in [6.45, 7) is 4.24. The van der Waals surface area contributed by atoms with Gasteiger partial charge in [0.1, 0.15) is 17.2 Å². The minimum absolute atomic E-state index is 0.0374. The Balaban J connectivity index is 1.47. The summed E-state index contributed by atoms with van der Waals surface area (Å²) in [5, 5.41) is 0.196. The zero-order chi connectivity index (χ0) is 19.7. The van der Waals surface area contributed by atoms with Gasteiger partial charge in [0.05, 0.1) is 17.5 Å². The quantitative estimate of drug-likeness (QED) is 0.694. The van der Waals surface area contributed by atoms with Crippen molar-refractivity contribution in [3.63, 3.8) is 0 Å². The van der Waals surface area contributed by atoms with E-state index in [9.17, 15) is 13.6 Å². The second-order valence-corrected chi connectivity index (χ2v) is 7.11. The third-order valence-corrected chi connectivity index (χ3v) is 5.22. The number of piperazine rings is 1. The molecule has 0 radical (unpaired) electrons. The molecule has 1 fully saturated rings. The topological polar surface area (TPSA) is 36.4 Å². The van der Waals surface area contributed by atoms with Crippen molar-refractivity contribution in [3.05, 3.63) is 71.4 Å². The maximum atomic E-state index is 14.4. The van der Waals surface area contributed by atoms with E-state index in [1.165, 1.54) is 6.20 Å². The molecule has 0 N–H and O–H groups in total. The van der Waals surface area contributed by atoms with E-state index in [2.05, 4.69) is 4.98 Å². The molecule has 0 unspecified atom stereocenters. The summed E-state index contributed by atoms with van der Waals surface area (Å²) in [5.74, 6) is -0.942. The van der Waals surface area contributed by atoms with Gasteiger partial charge in [-0.2, -0.15) is 0 Å². The van der Waals surface area contributed by atoms with Gasteiger partial charge in [-0.3, -0.25) is 9.78 Å². The van der Waals surface area contributed by atoms with Gasteiger partial charge in [0.15, 0.2) is 0 Å². The fraction of sp³-hybridized carbons (Fsp3) is 0.273. The summed E-state index contributed by atoms with van der Waals surface area (Å²) < 4.78 is 28.4. The molecule has 0 spiro atoms. The number of hydrogen-bond acceptors (Lipinski definition) is 3. The first-order chi connectivity index (χ1) is 13.5. The molecule has 1 aliphatic heterocycles. The van der Waals surface area contributed by atoms with Crippen molar-refractivity contribution in [2.45, 2.75) is 13.3 Å². The Morgan fingerprint density at radius 2 is 1.64 bits per heavy atom. The number of halogens is 2. The van der Waals surface area contributed by atoms with Crippen LogP contribution in [0.3, 0.4) is 0 Å². The highest BCUT2D eigenvalue weighted by Gasteiger charge is 2.24. The van der Waals surface area contributed by atoms with Gasteiger partial charge in [0, 0.05) is 32.4 Å². The number of pyridine rings is 1. The molecule has 4 rings (SSSR count). The minimum atomic E-state index is -0.537. The zero-order valence-electron chi connectivity index (χ0n) is 15.7. The lowest BCUT2D eigenvalue weighted by Crippen LogP contribution is -2.49. The second kappa shape index (κ2) is 7.54. The zero-order valence-corrected chi connectivity index (χ0v) is 15.7. The van der Waals surface area contributed by atoms with Crippen LogP contribution in [0.25, 0.3) is 10.9 Å². The number of carbonyl (C=O) groups is 1. The monoisotopic (exact) mass is 381 g/mol. The van der Waals surface area contributed by atoms with E-state index < -0.39 is 11.6 Å². The van der Waals surface area contributed by atoms with E-state index in [0.29, 0.717) is 38.3 Å². The van der Waals surface area contributed by atoms with E-state index in [4.69, 9.17) is 0 Å². The number of amides is 1. The van der Waals surface area contributed by atoms with Crippen LogP contribution in [0, 0.1) is 18.6 Å². The highest BCUT2D eigenvalue weighted by molar-refractivity contribution is 5.92. The number of carbonyl (C=O) groups excluding carboxylic acids is 1. The molecule has 144 valence electrons. The van der Waals surface area contributed by atoms with Crippen LogP contribution in [0.5, 0.6) is 0 Å². The molecule has 0 saturated carbocycles. The summed E-state index contributed by atoms with van der Waals surface area (Å²) in [6, 6.07) is 11.9. The summed E-state index contributed by atoms with van der Waals surface area (Å²) in [6.07, 6.45) is 1.87. The van der Waals surface area contributed by atoms with E-state index in [1.807, 2.05) is 41.0 Å². The largest absolute Gasteiger partial charge is 0.367 e. The van der Waals surface area contributed by atoms with Crippen molar-refractivity contribution < 1.29 is 13.6 Å². The lowest BCUT2D eigenvalue weighted by molar-refractivity contribution is -0.130. The van der Waals surface area contributed by atoms with E-state index in [0.717, 1.165) is 23.3 Å². The van der Waals surface area contributed by atoms with Gasteiger partial charge in [-0.15, -0.1) is 0 Å². The van der Waals surface area contributed by atoms with E-state index in [-0.39, 0.29) is 16.8 Å². The molecule has 0 aliphatic carbocycles. The Kier molecular flexibility index (Phi) is 4.94. The molecule has 1 amide bonds. The first-order valence-corrected chi connectivity index (χ1v) is 9.34. The maximum absolute atomic E-state index is 14.4. The van der Waals surface area contributed by atoms with Gasteiger partial charge >= 0.3 is 0 Å². The number of anilines is 1. The molecular weight excluding hydrogens is 360 g/mol. The Bertz CT molecular complexity index is 1010. The van der Waals surface area contributed by atoms with Crippen LogP contribution in [-0.4, -0.2) is 42.0 Å². The fourth-order valence-corrected chi connectivity index (χ4v) is 3.63. The van der Waals surface area contributed by atoms with Crippen LogP contribution < -0.4 is 4.90 Å². The average molecular weight is 381 g/mol. The molecule has 2 heterocycles. The summed E-state index contributed by atoms with van der Waals surface area (Å²) >= 11 is 0.